The van der Waals surface area contributed by atoms with Crippen LogP contribution in [0.5, 0.6) is 0 Å². The van der Waals surface area contributed by atoms with Gasteiger partial charge in [0.2, 0.25) is 8.07 Å². The summed E-state index contributed by atoms with van der Waals surface area (Å²) in [6, 6.07) is 3.40. The van der Waals surface area contributed by atoms with Crippen LogP contribution in [0.2, 0.25) is 19.6 Å². The van der Waals surface area contributed by atoms with Crippen molar-refractivity contribution in [1.82, 2.24) is 0 Å². The number of halogens is 2. The van der Waals surface area contributed by atoms with Gasteiger partial charge in [-0.05, 0) is 0 Å². The second-order valence-electron chi connectivity index (χ2n) is 5.15. The molecule has 0 saturated carbocycles. The zero-order chi connectivity index (χ0) is 12.6. The molecule has 0 aliphatic heterocycles. The van der Waals surface area contributed by atoms with Gasteiger partial charge in [0.25, 0.3) is 0 Å². The van der Waals surface area contributed by atoms with Crippen molar-refractivity contribution in [1.29, 1.82) is 0 Å². The molecule has 0 atom stereocenters. The van der Waals surface area contributed by atoms with Crippen molar-refractivity contribution in [3.05, 3.63) is 24.5 Å². The number of anilines is 1. The van der Waals surface area contributed by atoms with Crippen molar-refractivity contribution >= 4 is 13.8 Å². The highest BCUT2D eigenvalue weighted by Crippen LogP contribution is 2.26. The van der Waals surface area contributed by atoms with Crippen LogP contribution in [-0.4, -0.2) is 22.2 Å². The zero-order valence-electron chi connectivity index (χ0n) is 10.5. The van der Waals surface area contributed by atoms with E-state index >= 15 is 0 Å². The highest BCUT2D eigenvalue weighted by molar-refractivity contribution is 6.76. The fraction of sp³-hybridized carbons (Fsp3) is 0.545. The van der Waals surface area contributed by atoms with Gasteiger partial charge in [0.1, 0.15) is 0 Å². The molecule has 0 N–H and O–H groups in total. The maximum Gasteiger partial charge on any atom is 0.421 e. The van der Waals surface area contributed by atoms with E-state index < -0.39 is 13.7 Å². The van der Waals surface area contributed by atoms with Crippen LogP contribution in [0.25, 0.3) is 0 Å². The quantitative estimate of drug-likeness (QED) is 0.586. The molecule has 5 heteroatoms. The molecule has 1 aromatic heterocycles. The van der Waals surface area contributed by atoms with Crippen molar-refractivity contribution < 1.29 is 13.3 Å². The minimum atomic E-state index is -2.75. The number of nitrogens with zero attached hydrogens (tertiary/aromatic N) is 2. The Hall–Kier alpha value is -0.973. The first-order valence-corrected chi connectivity index (χ1v) is 8.73. The highest BCUT2D eigenvalue weighted by atomic mass is 28.3. The molecule has 1 heterocycles. The first-order chi connectivity index (χ1) is 7.16. The third-order valence-corrected chi connectivity index (χ3v) is 4.62. The molecule has 0 radical (unpaired) electrons. The molecule has 1 aromatic rings. The normalized spacial score (nSPS) is 12.7. The van der Waals surface area contributed by atoms with Gasteiger partial charge >= 0.3 is 5.67 Å². The summed E-state index contributed by atoms with van der Waals surface area (Å²) in [5, 5.41) is 0. The summed E-state index contributed by atoms with van der Waals surface area (Å²) in [5.41, 5.74) is -1.83. The summed E-state index contributed by atoms with van der Waals surface area (Å²) in [6.45, 7) is 5.00. The second kappa shape index (κ2) is 4.12. The van der Waals surface area contributed by atoms with Gasteiger partial charge in [-0.2, -0.15) is 0 Å². The van der Waals surface area contributed by atoms with Crippen molar-refractivity contribution in [2.24, 2.45) is 0 Å². The zero-order valence-corrected chi connectivity index (χ0v) is 11.5. The predicted molar refractivity (Wildman–Crippen MR) is 64.5 cm³/mol. The van der Waals surface area contributed by atoms with Crippen LogP contribution < -0.4 is 9.47 Å². The van der Waals surface area contributed by atoms with Crippen molar-refractivity contribution in [3.63, 3.8) is 0 Å². The molecule has 0 aromatic carbocycles. The fourth-order valence-electron chi connectivity index (χ4n) is 1.29. The lowest BCUT2D eigenvalue weighted by Gasteiger charge is -2.22. The van der Waals surface area contributed by atoms with Crippen LogP contribution in [0.15, 0.2) is 24.5 Å². The van der Waals surface area contributed by atoms with Crippen LogP contribution in [0.3, 0.4) is 0 Å². The molecule has 0 spiro atoms. The Bertz CT molecular complexity index is 355. The number of alkyl halides is 2. The Kier molecular flexibility index (Phi) is 3.37. The number of aromatic nitrogens is 1. The molecule has 16 heavy (non-hydrogen) atoms. The standard InChI is InChI=1S/C11H19F2N2Si/c1-14(2)10-6-8-15(9-7-10)11(12,13)16(3,4)5/h6-9H,1-5H3/q+1. The van der Waals surface area contributed by atoms with Crippen molar-refractivity contribution in [2.45, 2.75) is 25.3 Å². The average Bonchev–Trinajstić information content (AvgIpc) is 2.16. The number of rotatable bonds is 3. The Morgan fingerprint density at radius 2 is 1.56 bits per heavy atom. The third-order valence-electron chi connectivity index (χ3n) is 2.55. The Morgan fingerprint density at radius 1 is 1.12 bits per heavy atom. The summed E-state index contributed by atoms with van der Waals surface area (Å²) >= 11 is 0. The van der Waals surface area contributed by atoms with Crippen molar-refractivity contribution in [3.8, 4) is 0 Å². The maximum atomic E-state index is 14.0. The van der Waals surface area contributed by atoms with Crippen LogP contribution in [-0.2, 0) is 5.67 Å². The van der Waals surface area contributed by atoms with Crippen LogP contribution in [0, 0.1) is 0 Å². The SMILES string of the molecule is CN(C)c1cc[n+](C(F)(F)[Si](C)(C)C)cc1. The lowest BCUT2D eigenvalue weighted by atomic mass is 10.4. The Labute approximate surface area is 96.5 Å². The monoisotopic (exact) mass is 245 g/mol. The summed E-state index contributed by atoms with van der Waals surface area (Å²) in [7, 11) is 1.22. The molecular weight excluding hydrogens is 226 g/mol. The van der Waals surface area contributed by atoms with E-state index in [9.17, 15) is 8.78 Å². The minimum Gasteiger partial charge on any atom is -0.377 e. The molecule has 0 aliphatic carbocycles. The predicted octanol–water partition coefficient (Wildman–Crippen LogP) is 2.47. The summed E-state index contributed by atoms with van der Waals surface area (Å²) < 4.78 is 29.0. The van der Waals surface area contributed by atoms with E-state index in [-0.39, 0.29) is 0 Å². The minimum absolute atomic E-state index is 0.919. The molecule has 0 unspecified atom stereocenters. The van der Waals surface area contributed by atoms with Gasteiger partial charge in [-0.3, -0.25) is 0 Å². The number of hydrogen-bond acceptors (Lipinski definition) is 1. The molecule has 2 nitrogen and oxygen atoms in total. The summed E-state index contributed by atoms with van der Waals surface area (Å²) in [5.74, 6) is 0. The van der Waals surface area contributed by atoms with E-state index in [4.69, 9.17) is 0 Å². The van der Waals surface area contributed by atoms with E-state index in [0.29, 0.717) is 0 Å². The lowest BCUT2D eigenvalue weighted by Crippen LogP contribution is -2.62. The fourth-order valence-corrected chi connectivity index (χ4v) is 2.21. The molecule has 90 valence electrons. The van der Waals surface area contributed by atoms with Gasteiger partial charge in [0.05, 0.1) is 0 Å². The van der Waals surface area contributed by atoms with Gasteiger partial charge < -0.3 is 4.90 Å². The number of hydrogen-bond donors (Lipinski definition) is 0. The van der Waals surface area contributed by atoms with Crippen molar-refractivity contribution in [2.75, 3.05) is 19.0 Å². The Morgan fingerprint density at radius 3 is 1.88 bits per heavy atom. The van der Waals surface area contributed by atoms with E-state index in [2.05, 4.69) is 0 Å². The Balaban J connectivity index is 3.07. The van der Waals surface area contributed by atoms with Crippen LogP contribution >= 0.6 is 0 Å². The van der Waals surface area contributed by atoms with E-state index in [1.165, 1.54) is 12.4 Å². The largest absolute Gasteiger partial charge is 0.421 e. The van der Waals surface area contributed by atoms with Gasteiger partial charge in [-0.1, -0.05) is 19.6 Å². The van der Waals surface area contributed by atoms with E-state index in [0.717, 1.165) is 10.3 Å². The van der Waals surface area contributed by atoms with Crippen LogP contribution in [0.1, 0.15) is 0 Å². The van der Waals surface area contributed by atoms with Gasteiger partial charge in [0.15, 0.2) is 12.4 Å². The van der Waals surface area contributed by atoms with Crippen LogP contribution in [0.4, 0.5) is 14.5 Å². The molecule has 0 amide bonds. The first kappa shape index (κ1) is 13.1. The highest BCUT2D eigenvalue weighted by Gasteiger charge is 2.54. The lowest BCUT2D eigenvalue weighted by molar-refractivity contribution is -0.799. The maximum absolute atomic E-state index is 14.0. The third kappa shape index (κ3) is 2.40. The van der Waals surface area contributed by atoms with E-state index in [1.807, 2.05) is 19.0 Å². The number of pyridine rings is 1. The van der Waals surface area contributed by atoms with Gasteiger partial charge in [-0.25, -0.2) is 0 Å². The molecule has 0 fully saturated rings. The average molecular weight is 245 g/mol. The van der Waals surface area contributed by atoms with Gasteiger partial charge in [0, 0.05) is 31.9 Å². The molecule has 0 saturated heterocycles. The first-order valence-electron chi connectivity index (χ1n) is 5.23. The summed E-state index contributed by atoms with van der Waals surface area (Å²) in [4.78, 5) is 1.89. The summed E-state index contributed by atoms with van der Waals surface area (Å²) in [6.07, 6.45) is 2.90. The smallest absolute Gasteiger partial charge is 0.377 e. The molecular formula is C11H19F2N2Si+. The topological polar surface area (TPSA) is 7.12 Å². The van der Waals surface area contributed by atoms with E-state index in [1.54, 1.807) is 31.8 Å². The molecule has 0 bridgehead atoms. The molecule has 0 aliphatic rings. The second-order valence-corrected chi connectivity index (χ2v) is 10.3. The molecule has 1 rings (SSSR count). The van der Waals surface area contributed by atoms with Gasteiger partial charge in [-0.15, -0.1) is 13.3 Å².